The molecule has 2 aromatic heterocycles. The molecular weight excluding hydrogens is 380 g/mol. The van der Waals surface area contributed by atoms with Gasteiger partial charge in [-0.1, -0.05) is 45.2 Å². The van der Waals surface area contributed by atoms with Gasteiger partial charge in [-0.15, -0.1) is 0 Å². The van der Waals surface area contributed by atoms with Gasteiger partial charge in [0, 0.05) is 11.3 Å². The first-order valence-corrected chi connectivity index (χ1v) is 9.69. The fourth-order valence-corrected chi connectivity index (χ4v) is 2.51. The Labute approximate surface area is 176 Å². The van der Waals surface area contributed by atoms with Crippen LogP contribution in [0, 0.1) is 0 Å². The zero-order valence-corrected chi connectivity index (χ0v) is 18.1. The van der Waals surface area contributed by atoms with Gasteiger partial charge in [0.1, 0.15) is 11.9 Å². The van der Waals surface area contributed by atoms with E-state index in [-0.39, 0.29) is 0 Å². The number of rotatable bonds is 5. The second kappa shape index (κ2) is 9.73. The van der Waals surface area contributed by atoms with Gasteiger partial charge in [-0.2, -0.15) is 0 Å². The molecule has 0 bridgehead atoms. The Morgan fingerprint density at radius 1 is 1.23 bits per heavy atom. The lowest BCUT2D eigenvalue weighted by atomic mass is 10.2. The fourth-order valence-electron chi connectivity index (χ4n) is 2.51. The highest BCUT2D eigenvalue weighted by Gasteiger charge is 2.19. The Morgan fingerprint density at radius 2 is 1.97 bits per heavy atom. The lowest BCUT2D eigenvalue weighted by Gasteiger charge is -2.19. The lowest BCUT2D eigenvalue weighted by molar-refractivity contribution is 0.0543. The molecule has 158 valence electrons. The number of anilines is 2. The summed E-state index contributed by atoms with van der Waals surface area (Å²) in [7, 11) is 0. The number of benzene rings is 1. The Bertz CT molecular complexity index is 1070. The highest BCUT2D eigenvalue weighted by molar-refractivity contribution is 5.88. The Hall–Kier alpha value is -3.61. The molecule has 0 aliphatic rings. The predicted molar refractivity (Wildman–Crippen MR) is 121 cm³/mol. The van der Waals surface area contributed by atoms with E-state index in [4.69, 9.17) is 9.15 Å². The van der Waals surface area contributed by atoms with Gasteiger partial charge in [0.05, 0.1) is 17.2 Å². The Kier molecular flexibility index (Phi) is 7.36. The molecule has 0 saturated carbocycles. The van der Waals surface area contributed by atoms with E-state index in [1.54, 1.807) is 36.6 Å². The molecule has 0 aliphatic carbocycles. The molecule has 2 heterocycles. The second-order valence-corrected chi connectivity index (χ2v) is 7.01. The second-order valence-electron chi connectivity index (χ2n) is 7.01. The van der Waals surface area contributed by atoms with Crippen molar-refractivity contribution < 1.29 is 13.9 Å². The molecule has 3 rings (SSSR count). The molecule has 0 atom stereocenters. The maximum atomic E-state index is 12.3. The van der Waals surface area contributed by atoms with Gasteiger partial charge in [0.25, 0.3) is 6.01 Å². The summed E-state index contributed by atoms with van der Waals surface area (Å²) in [4.78, 5) is 20.8. The van der Waals surface area contributed by atoms with Crippen LogP contribution in [0.3, 0.4) is 0 Å². The van der Waals surface area contributed by atoms with Crippen LogP contribution in [0.5, 0.6) is 0 Å². The predicted octanol–water partition coefficient (Wildman–Crippen LogP) is 6.33. The molecule has 30 heavy (non-hydrogen) atoms. The van der Waals surface area contributed by atoms with E-state index in [9.17, 15) is 4.79 Å². The van der Waals surface area contributed by atoms with Crippen molar-refractivity contribution in [1.29, 1.82) is 0 Å². The van der Waals surface area contributed by atoms with Gasteiger partial charge < -0.3 is 14.5 Å². The fraction of sp³-hybridized carbons (Fsp3) is 0.261. The largest absolute Gasteiger partial charge is 0.443 e. The van der Waals surface area contributed by atoms with Gasteiger partial charge >= 0.3 is 6.09 Å². The van der Waals surface area contributed by atoms with Crippen molar-refractivity contribution in [1.82, 2.24) is 14.5 Å². The average molecular weight is 409 g/mol. The van der Waals surface area contributed by atoms with Gasteiger partial charge in [0.15, 0.2) is 5.76 Å². The minimum Gasteiger partial charge on any atom is -0.443 e. The summed E-state index contributed by atoms with van der Waals surface area (Å²) in [6.07, 6.45) is 7.69. The molecule has 0 radical (unpaired) electrons. The lowest BCUT2D eigenvalue weighted by Crippen LogP contribution is -2.26. The van der Waals surface area contributed by atoms with Crippen molar-refractivity contribution in [2.24, 2.45) is 0 Å². The molecular formula is C23H28N4O3. The normalized spacial score (nSPS) is 11.4. The van der Waals surface area contributed by atoms with E-state index >= 15 is 0 Å². The van der Waals surface area contributed by atoms with Crippen LogP contribution >= 0.6 is 0 Å². The van der Waals surface area contributed by atoms with Crippen LogP contribution in [0.25, 0.3) is 16.6 Å². The highest BCUT2D eigenvalue weighted by atomic mass is 16.6. The zero-order valence-electron chi connectivity index (χ0n) is 18.1. The molecule has 0 amide bonds. The van der Waals surface area contributed by atoms with Crippen molar-refractivity contribution >= 4 is 34.4 Å². The van der Waals surface area contributed by atoms with Crippen molar-refractivity contribution in [3.63, 3.8) is 0 Å². The van der Waals surface area contributed by atoms with E-state index < -0.39 is 11.7 Å². The number of fused-ring (bicyclic) bond motifs is 1. The van der Waals surface area contributed by atoms with E-state index in [1.165, 1.54) is 10.9 Å². The average Bonchev–Trinajstić information content (AvgIpc) is 3.33. The van der Waals surface area contributed by atoms with Gasteiger partial charge in [-0.05, 0) is 39.0 Å². The molecule has 0 saturated heterocycles. The minimum absolute atomic E-state index is 0.331. The highest BCUT2D eigenvalue weighted by Crippen LogP contribution is 2.25. The maximum absolute atomic E-state index is 12.3. The number of carbonyl (C=O) groups excluding carboxylic acids is 1. The monoisotopic (exact) mass is 408 g/mol. The van der Waals surface area contributed by atoms with Crippen LogP contribution in [0.15, 0.2) is 66.5 Å². The van der Waals surface area contributed by atoms with Gasteiger partial charge in [-0.3, -0.25) is 0 Å². The SMILES string of the molecule is C=C/C=C(\C=C)c1cnc(Nc2ccc3c(c2)ncn3C(=O)OC(C)(C)C)o1.CC. The van der Waals surface area contributed by atoms with Crippen LogP contribution in [-0.2, 0) is 4.74 Å². The van der Waals surface area contributed by atoms with Crippen molar-refractivity contribution in [2.45, 2.75) is 40.2 Å². The molecule has 0 aliphatic heterocycles. The summed E-state index contributed by atoms with van der Waals surface area (Å²) >= 11 is 0. The molecule has 7 heteroatoms. The smallest absolute Gasteiger partial charge is 0.420 e. The van der Waals surface area contributed by atoms with Crippen LogP contribution in [0.2, 0.25) is 0 Å². The Morgan fingerprint density at radius 3 is 2.60 bits per heavy atom. The van der Waals surface area contributed by atoms with Crippen molar-refractivity contribution in [3.8, 4) is 0 Å². The summed E-state index contributed by atoms with van der Waals surface area (Å²) < 4.78 is 12.5. The summed E-state index contributed by atoms with van der Waals surface area (Å²) in [6.45, 7) is 16.9. The molecule has 0 unspecified atom stereocenters. The maximum Gasteiger partial charge on any atom is 0.420 e. The standard InChI is InChI=1S/C21H22N4O3.C2H6/c1-6-8-14(7-2)18-12-22-19(27-18)24-15-9-10-17-16(11-15)23-13-25(17)20(26)28-21(3,4)5;1-2/h6-13H,1-2H2,3-5H3,(H,22,24);1-2H3/b14-8+;. The van der Waals surface area contributed by atoms with Gasteiger partial charge in [0.2, 0.25) is 0 Å². The molecule has 7 nitrogen and oxygen atoms in total. The number of carbonyl (C=O) groups is 1. The summed E-state index contributed by atoms with van der Waals surface area (Å²) in [5.74, 6) is 0.577. The first-order valence-electron chi connectivity index (χ1n) is 9.69. The third-order valence-corrected chi connectivity index (χ3v) is 3.70. The van der Waals surface area contributed by atoms with Crippen molar-refractivity contribution in [2.75, 3.05) is 5.32 Å². The number of aromatic nitrogens is 3. The quantitative estimate of drug-likeness (QED) is 0.497. The number of imidazole rings is 1. The molecule has 3 aromatic rings. The number of allylic oxidation sites excluding steroid dienone is 4. The number of nitrogens with zero attached hydrogens (tertiary/aromatic N) is 3. The topological polar surface area (TPSA) is 82.2 Å². The summed E-state index contributed by atoms with van der Waals surface area (Å²) in [5.41, 5.74) is 2.21. The van der Waals surface area contributed by atoms with E-state index in [1.807, 2.05) is 40.7 Å². The van der Waals surface area contributed by atoms with Crippen LogP contribution in [0.1, 0.15) is 40.4 Å². The summed E-state index contributed by atoms with van der Waals surface area (Å²) in [5, 5.41) is 3.08. The van der Waals surface area contributed by atoms with Crippen LogP contribution in [-0.4, -0.2) is 26.2 Å². The first-order chi connectivity index (χ1) is 14.3. The van der Waals surface area contributed by atoms with E-state index in [2.05, 4.69) is 28.4 Å². The number of nitrogens with one attached hydrogen (secondary N) is 1. The number of hydrogen-bond donors (Lipinski definition) is 1. The van der Waals surface area contributed by atoms with Gasteiger partial charge in [-0.25, -0.2) is 19.3 Å². The van der Waals surface area contributed by atoms with Crippen LogP contribution < -0.4 is 5.32 Å². The number of ether oxygens (including phenoxy) is 1. The zero-order chi connectivity index (χ0) is 22.3. The molecule has 0 spiro atoms. The number of oxazole rings is 1. The third-order valence-electron chi connectivity index (χ3n) is 3.70. The number of hydrogen-bond acceptors (Lipinski definition) is 6. The third kappa shape index (κ3) is 5.47. The Balaban J connectivity index is 0.00000155. The summed E-state index contributed by atoms with van der Waals surface area (Å²) in [6, 6.07) is 5.72. The van der Waals surface area contributed by atoms with Crippen LogP contribution in [0.4, 0.5) is 16.5 Å². The molecule has 1 aromatic carbocycles. The van der Waals surface area contributed by atoms with E-state index in [0.717, 1.165) is 11.3 Å². The molecule has 1 N–H and O–H groups in total. The van der Waals surface area contributed by atoms with Crippen molar-refractivity contribution in [3.05, 3.63) is 67.9 Å². The van der Waals surface area contributed by atoms with E-state index in [0.29, 0.717) is 22.8 Å². The first kappa shape index (κ1) is 22.7. The molecule has 0 fully saturated rings. The minimum atomic E-state index is -0.581.